The Morgan fingerprint density at radius 3 is 2.45 bits per heavy atom. The molecule has 0 radical (unpaired) electrons. The van der Waals surface area contributed by atoms with E-state index in [4.69, 9.17) is 4.74 Å². The average molecular weight is 277 g/mol. The number of aliphatic hydroxyl groups is 1. The predicted molar refractivity (Wildman–Crippen MR) is 81.9 cm³/mol. The van der Waals surface area contributed by atoms with Gasteiger partial charge in [-0.15, -0.1) is 0 Å². The molecular formula is C17H27NO2. The number of aliphatic hydroxyl groups excluding tert-OH is 1. The Morgan fingerprint density at radius 1 is 1.20 bits per heavy atom. The zero-order valence-corrected chi connectivity index (χ0v) is 12.7. The van der Waals surface area contributed by atoms with Crippen LogP contribution in [-0.2, 0) is 10.2 Å². The summed E-state index contributed by atoms with van der Waals surface area (Å²) in [6.45, 7) is 8.07. The molecule has 1 saturated heterocycles. The molecule has 0 bridgehead atoms. The maximum atomic E-state index is 9.69. The van der Waals surface area contributed by atoms with Gasteiger partial charge in [-0.05, 0) is 18.4 Å². The molecule has 0 saturated carbocycles. The van der Waals surface area contributed by atoms with E-state index >= 15 is 0 Å². The van der Waals surface area contributed by atoms with Crippen molar-refractivity contribution >= 4 is 0 Å². The van der Waals surface area contributed by atoms with E-state index in [9.17, 15) is 5.11 Å². The molecule has 0 spiro atoms. The van der Waals surface area contributed by atoms with Crippen molar-refractivity contribution in [2.45, 2.75) is 32.1 Å². The van der Waals surface area contributed by atoms with Gasteiger partial charge in [0.2, 0.25) is 0 Å². The Hall–Kier alpha value is -0.900. The number of nitrogens with one attached hydrogen (secondary N) is 1. The summed E-state index contributed by atoms with van der Waals surface area (Å²) < 4.78 is 5.40. The van der Waals surface area contributed by atoms with Crippen molar-refractivity contribution in [2.24, 2.45) is 5.41 Å². The summed E-state index contributed by atoms with van der Waals surface area (Å²) in [6.07, 6.45) is 1.89. The van der Waals surface area contributed by atoms with Crippen LogP contribution < -0.4 is 5.32 Å². The number of rotatable bonds is 6. The average Bonchev–Trinajstić information content (AvgIpc) is 2.49. The molecule has 0 atom stereocenters. The van der Waals surface area contributed by atoms with Gasteiger partial charge in [0, 0.05) is 37.1 Å². The van der Waals surface area contributed by atoms with Gasteiger partial charge in [-0.25, -0.2) is 0 Å². The molecule has 1 aromatic rings. The molecule has 112 valence electrons. The normalized spacial score (nSPS) is 18.9. The van der Waals surface area contributed by atoms with Crippen molar-refractivity contribution in [1.82, 2.24) is 5.32 Å². The third-order valence-corrected chi connectivity index (χ3v) is 4.51. The summed E-state index contributed by atoms with van der Waals surface area (Å²) in [4.78, 5) is 0. The minimum absolute atomic E-state index is 0.00498. The molecule has 1 fully saturated rings. The van der Waals surface area contributed by atoms with Crippen LogP contribution in [-0.4, -0.2) is 38.0 Å². The topological polar surface area (TPSA) is 41.5 Å². The SMILES string of the molecule is CC(C)(CNCC1(CO)CCOCC1)c1ccccc1. The minimum atomic E-state index is 0.00498. The lowest BCUT2D eigenvalue weighted by Crippen LogP contribution is -2.45. The maximum absolute atomic E-state index is 9.69. The van der Waals surface area contributed by atoms with E-state index in [0.29, 0.717) is 0 Å². The van der Waals surface area contributed by atoms with Crippen LogP contribution in [0.4, 0.5) is 0 Å². The smallest absolute Gasteiger partial charge is 0.0501 e. The summed E-state index contributed by atoms with van der Waals surface area (Å²) in [7, 11) is 0. The first-order valence-corrected chi connectivity index (χ1v) is 7.53. The standard InChI is InChI=1S/C17H27NO2/c1-16(2,15-6-4-3-5-7-15)12-18-13-17(14-19)8-10-20-11-9-17/h3-7,18-19H,8-14H2,1-2H3. The zero-order valence-electron chi connectivity index (χ0n) is 12.7. The fourth-order valence-electron chi connectivity index (χ4n) is 2.83. The quantitative estimate of drug-likeness (QED) is 0.838. The lowest BCUT2D eigenvalue weighted by molar-refractivity contribution is -0.0156. The van der Waals surface area contributed by atoms with Gasteiger partial charge < -0.3 is 15.2 Å². The second-order valence-corrected chi connectivity index (χ2v) is 6.62. The Labute approximate surface area is 122 Å². The van der Waals surface area contributed by atoms with Gasteiger partial charge in [0.1, 0.15) is 0 Å². The van der Waals surface area contributed by atoms with Crippen molar-refractivity contribution in [1.29, 1.82) is 0 Å². The molecule has 20 heavy (non-hydrogen) atoms. The highest BCUT2D eigenvalue weighted by Crippen LogP contribution is 2.29. The highest BCUT2D eigenvalue weighted by atomic mass is 16.5. The van der Waals surface area contributed by atoms with Crippen LogP contribution in [0.25, 0.3) is 0 Å². The maximum Gasteiger partial charge on any atom is 0.0501 e. The summed E-state index contributed by atoms with van der Waals surface area (Å²) in [5.41, 5.74) is 1.45. The molecule has 3 heteroatoms. The molecule has 0 aromatic heterocycles. The van der Waals surface area contributed by atoms with Crippen LogP contribution >= 0.6 is 0 Å². The first-order valence-electron chi connectivity index (χ1n) is 7.53. The predicted octanol–water partition coefficient (Wildman–Crippen LogP) is 2.34. The van der Waals surface area contributed by atoms with Crippen LogP contribution in [0.3, 0.4) is 0 Å². The fourth-order valence-corrected chi connectivity index (χ4v) is 2.83. The van der Waals surface area contributed by atoms with E-state index in [-0.39, 0.29) is 17.4 Å². The lowest BCUT2D eigenvalue weighted by atomic mass is 9.80. The Balaban J connectivity index is 1.88. The molecule has 1 heterocycles. The molecule has 1 aromatic carbocycles. The van der Waals surface area contributed by atoms with E-state index in [1.807, 2.05) is 0 Å². The number of ether oxygens (including phenoxy) is 1. The van der Waals surface area contributed by atoms with Gasteiger partial charge in [-0.3, -0.25) is 0 Å². The van der Waals surface area contributed by atoms with Crippen molar-refractivity contribution in [3.63, 3.8) is 0 Å². The zero-order chi connectivity index (χ0) is 14.5. The molecule has 1 aliphatic rings. The number of hydrogen-bond donors (Lipinski definition) is 2. The van der Waals surface area contributed by atoms with Gasteiger partial charge in [-0.1, -0.05) is 44.2 Å². The summed E-state index contributed by atoms with van der Waals surface area (Å²) in [6, 6.07) is 10.6. The fraction of sp³-hybridized carbons (Fsp3) is 0.647. The number of hydrogen-bond acceptors (Lipinski definition) is 3. The largest absolute Gasteiger partial charge is 0.396 e. The van der Waals surface area contributed by atoms with Gasteiger partial charge >= 0.3 is 0 Å². The Bertz CT molecular complexity index is 397. The van der Waals surface area contributed by atoms with Crippen molar-refractivity contribution in [2.75, 3.05) is 32.9 Å². The van der Waals surface area contributed by atoms with Gasteiger partial charge in [0.15, 0.2) is 0 Å². The molecule has 0 aliphatic carbocycles. The monoisotopic (exact) mass is 277 g/mol. The molecule has 1 aliphatic heterocycles. The minimum Gasteiger partial charge on any atom is -0.396 e. The lowest BCUT2D eigenvalue weighted by Gasteiger charge is -2.37. The van der Waals surface area contributed by atoms with Gasteiger partial charge in [0.05, 0.1) is 6.61 Å². The van der Waals surface area contributed by atoms with Crippen LogP contribution in [0.5, 0.6) is 0 Å². The summed E-state index contributed by atoms with van der Waals surface area (Å²) in [5.74, 6) is 0. The van der Waals surface area contributed by atoms with E-state index in [0.717, 1.165) is 39.1 Å². The van der Waals surface area contributed by atoms with E-state index in [2.05, 4.69) is 49.5 Å². The summed E-state index contributed by atoms with van der Waals surface area (Å²) in [5, 5.41) is 13.3. The Kier molecular flexibility index (Phi) is 5.19. The molecule has 0 unspecified atom stereocenters. The molecule has 2 rings (SSSR count). The van der Waals surface area contributed by atoms with Crippen LogP contribution in [0.1, 0.15) is 32.3 Å². The van der Waals surface area contributed by atoms with Crippen LogP contribution in [0, 0.1) is 5.41 Å². The van der Waals surface area contributed by atoms with Crippen LogP contribution in [0.2, 0.25) is 0 Å². The second kappa shape index (κ2) is 6.70. The molecule has 3 nitrogen and oxygen atoms in total. The van der Waals surface area contributed by atoms with Crippen LogP contribution in [0.15, 0.2) is 30.3 Å². The Morgan fingerprint density at radius 2 is 1.85 bits per heavy atom. The highest BCUT2D eigenvalue weighted by molar-refractivity contribution is 5.23. The third-order valence-electron chi connectivity index (χ3n) is 4.51. The molecular weight excluding hydrogens is 250 g/mol. The second-order valence-electron chi connectivity index (χ2n) is 6.62. The van der Waals surface area contributed by atoms with E-state index in [1.165, 1.54) is 5.56 Å². The van der Waals surface area contributed by atoms with E-state index < -0.39 is 0 Å². The third kappa shape index (κ3) is 3.81. The highest BCUT2D eigenvalue weighted by Gasteiger charge is 2.32. The van der Waals surface area contributed by atoms with Gasteiger partial charge in [0.25, 0.3) is 0 Å². The molecule has 0 amide bonds. The van der Waals surface area contributed by atoms with Gasteiger partial charge in [-0.2, -0.15) is 0 Å². The first kappa shape index (κ1) is 15.5. The van der Waals surface area contributed by atoms with Crippen molar-refractivity contribution < 1.29 is 9.84 Å². The first-order chi connectivity index (χ1) is 9.58. The number of benzene rings is 1. The molecule has 2 N–H and O–H groups in total. The van der Waals surface area contributed by atoms with Crippen molar-refractivity contribution in [3.8, 4) is 0 Å². The van der Waals surface area contributed by atoms with Crippen molar-refractivity contribution in [3.05, 3.63) is 35.9 Å². The van der Waals surface area contributed by atoms with E-state index in [1.54, 1.807) is 0 Å². The summed E-state index contributed by atoms with van der Waals surface area (Å²) >= 11 is 0.